The van der Waals surface area contributed by atoms with Crippen molar-refractivity contribution in [3.05, 3.63) is 103 Å². The summed E-state index contributed by atoms with van der Waals surface area (Å²) in [7, 11) is 0. The minimum atomic E-state index is -0.580. The second kappa shape index (κ2) is 9.30. The number of hydrogen-bond donors (Lipinski definition) is 0. The Morgan fingerprint density at radius 3 is 2.16 bits per heavy atom. The number of benzene rings is 3. The summed E-state index contributed by atoms with van der Waals surface area (Å²) < 4.78 is 13.4. The molecule has 0 atom stereocenters. The van der Waals surface area contributed by atoms with E-state index in [4.69, 9.17) is 9.47 Å². The van der Waals surface area contributed by atoms with Crippen LogP contribution in [0.4, 0.5) is 0 Å². The topological polar surface area (TPSA) is 65.0 Å². The molecule has 8 heteroatoms. The second-order valence-electron chi connectivity index (χ2n) is 6.42. The van der Waals surface area contributed by atoms with Crippen molar-refractivity contribution >= 4 is 71.7 Å². The zero-order valence-corrected chi connectivity index (χ0v) is 20.4. The Labute approximate surface area is 203 Å². The van der Waals surface area contributed by atoms with Crippen molar-refractivity contribution in [3.8, 4) is 5.75 Å². The van der Waals surface area contributed by atoms with Gasteiger partial charge in [-0.3, -0.25) is 0 Å². The molecule has 1 heterocycles. The number of nitrogens with zero attached hydrogens (tertiary/aromatic N) is 1. The van der Waals surface area contributed by atoms with E-state index in [1.54, 1.807) is 54.6 Å². The van der Waals surface area contributed by atoms with Gasteiger partial charge in [0.2, 0.25) is 5.90 Å². The molecule has 1 aliphatic rings. The summed E-state index contributed by atoms with van der Waals surface area (Å²) in [4.78, 5) is 29.2. The SMILES string of the molecule is O=C1OC(c2ccc(Br)cc2)=N/C1=C/c1cc(Br)ccc1OC(=O)c1ccc(Br)cc1. The molecule has 0 unspecified atom stereocenters. The van der Waals surface area contributed by atoms with Crippen molar-refractivity contribution in [3.63, 3.8) is 0 Å². The van der Waals surface area contributed by atoms with Crippen molar-refractivity contribution in [1.29, 1.82) is 0 Å². The lowest BCUT2D eigenvalue weighted by Gasteiger charge is -2.08. The van der Waals surface area contributed by atoms with E-state index in [1.807, 2.05) is 12.1 Å². The van der Waals surface area contributed by atoms with Crippen LogP contribution in [-0.4, -0.2) is 17.8 Å². The van der Waals surface area contributed by atoms with Crippen molar-refractivity contribution in [1.82, 2.24) is 0 Å². The molecule has 31 heavy (non-hydrogen) atoms. The summed E-state index contributed by atoms with van der Waals surface area (Å²) in [5, 5.41) is 0. The third-order valence-electron chi connectivity index (χ3n) is 4.26. The molecule has 0 bridgehead atoms. The lowest BCUT2D eigenvalue weighted by molar-refractivity contribution is -0.129. The maximum absolute atomic E-state index is 12.5. The van der Waals surface area contributed by atoms with E-state index in [1.165, 1.54) is 6.08 Å². The lowest BCUT2D eigenvalue weighted by Crippen LogP contribution is -2.09. The molecule has 0 N–H and O–H groups in total. The number of cyclic esters (lactones) is 1. The first-order chi connectivity index (χ1) is 14.9. The van der Waals surface area contributed by atoms with Crippen LogP contribution in [0, 0.1) is 0 Å². The molecule has 0 fully saturated rings. The molecule has 4 rings (SSSR count). The highest BCUT2D eigenvalue weighted by Crippen LogP contribution is 2.29. The first-order valence-electron chi connectivity index (χ1n) is 8.95. The fraction of sp³-hybridized carbons (Fsp3) is 0. The van der Waals surface area contributed by atoms with Gasteiger partial charge in [0.25, 0.3) is 0 Å². The van der Waals surface area contributed by atoms with Crippen LogP contribution in [0.1, 0.15) is 21.5 Å². The van der Waals surface area contributed by atoms with Crippen molar-refractivity contribution < 1.29 is 19.1 Å². The van der Waals surface area contributed by atoms with E-state index in [0.29, 0.717) is 22.4 Å². The van der Waals surface area contributed by atoms with Crippen LogP contribution < -0.4 is 4.74 Å². The molecule has 5 nitrogen and oxygen atoms in total. The quantitative estimate of drug-likeness (QED) is 0.193. The Balaban J connectivity index is 1.64. The number of ether oxygens (including phenoxy) is 2. The van der Waals surface area contributed by atoms with E-state index in [0.717, 1.165) is 13.4 Å². The summed E-state index contributed by atoms with van der Waals surface area (Å²) in [5.41, 5.74) is 1.70. The summed E-state index contributed by atoms with van der Waals surface area (Å²) in [6, 6.07) is 19.2. The molecule has 1 aliphatic heterocycles. The number of rotatable bonds is 4. The van der Waals surface area contributed by atoms with E-state index >= 15 is 0 Å². The molecule has 0 saturated carbocycles. The maximum Gasteiger partial charge on any atom is 0.363 e. The zero-order valence-electron chi connectivity index (χ0n) is 15.6. The summed E-state index contributed by atoms with van der Waals surface area (Å²) >= 11 is 10.1. The molecule has 3 aromatic rings. The Morgan fingerprint density at radius 1 is 0.871 bits per heavy atom. The Bertz CT molecular complexity index is 1230. The standard InChI is InChI=1S/C23H12Br3NO4/c24-16-5-1-13(2-6-16)21-27-19(23(29)31-21)12-15-11-18(26)9-10-20(15)30-22(28)14-3-7-17(25)8-4-14/h1-12H/b19-12+. The number of carbonyl (C=O) groups excluding carboxylic acids is 2. The van der Waals surface area contributed by atoms with Gasteiger partial charge < -0.3 is 9.47 Å². The molecule has 0 aromatic heterocycles. The van der Waals surface area contributed by atoms with Crippen LogP contribution >= 0.6 is 47.8 Å². The van der Waals surface area contributed by atoms with Gasteiger partial charge in [-0.2, -0.15) is 0 Å². The molecule has 0 amide bonds. The smallest absolute Gasteiger partial charge is 0.363 e. The van der Waals surface area contributed by atoms with Crippen molar-refractivity contribution in [2.75, 3.05) is 0 Å². The largest absolute Gasteiger partial charge is 0.422 e. The van der Waals surface area contributed by atoms with Gasteiger partial charge in [-0.25, -0.2) is 14.6 Å². The number of halogens is 3. The van der Waals surface area contributed by atoms with Crippen LogP contribution in [0.25, 0.3) is 6.08 Å². The average molecular weight is 606 g/mol. The van der Waals surface area contributed by atoms with Crippen LogP contribution in [0.5, 0.6) is 5.75 Å². The van der Waals surface area contributed by atoms with Gasteiger partial charge in [0.05, 0.1) is 5.56 Å². The number of esters is 2. The zero-order chi connectivity index (χ0) is 22.0. The predicted octanol–water partition coefficient (Wildman–Crippen LogP) is 6.54. The first kappa shape index (κ1) is 21.7. The van der Waals surface area contributed by atoms with Crippen LogP contribution in [0.2, 0.25) is 0 Å². The number of aliphatic imine (C=N–C) groups is 1. The monoisotopic (exact) mass is 603 g/mol. The molecule has 0 aliphatic carbocycles. The van der Waals surface area contributed by atoms with E-state index in [9.17, 15) is 9.59 Å². The van der Waals surface area contributed by atoms with Crippen LogP contribution in [0.15, 0.2) is 90.8 Å². The molecule has 0 spiro atoms. The van der Waals surface area contributed by atoms with Crippen molar-refractivity contribution in [2.24, 2.45) is 4.99 Å². The number of hydrogen-bond acceptors (Lipinski definition) is 5. The van der Waals surface area contributed by atoms with Gasteiger partial charge in [0.15, 0.2) is 5.70 Å². The molecular formula is C23H12Br3NO4. The van der Waals surface area contributed by atoms with E-state index in [-0.39, 0.29) is 11.6 Å². The van der Waals surface area contributed by atoms with Gasteiger partial charge in [-0.1, -0.05) is 47.8 Å². The lowest BCUT2D eigenvalue weighted by atomic mass is 10.1. The second-order valence-corrected chi connectivity index (χ2v) is 9.17. The Kier molecular flexibility index (Phi) is 6.50. The van der Waals surface area contributed by atoms with Gasteiger partial charge in [0.1, 0.15) is 5.75 Å². The summed E-state index contributed by atoms with van der Waals surface area (Å²) in [6.07, 6.45) is 1.53. The normalized spacial score (nSPS) is 14.4. The fourth-order valence-corrected chi connectivity index (χ4v) is 3.65. The summed E-state index contributed by atoms with van der Waals surface area (Å²) in [5.74, 6) is -0.582. The maximum atomic E-state index is 12.5. The van der Waals surface area contributed by atoms with E-state index in [2.05, 4.69) is 52.8 Å². The minimum Gasteiger partial charge on any atom is -0.422 e. The fourth-order valence-electron chi connectivity index (χ4n) is 2.74. The molecule has 0 radical (unpaired) electrons. The highest BCUT2D eigenvalue weighted by atomic mass is 79.9. The van der Waals surface area contributed by atoms with E-state index < -0.39 is 11.9 Å². The highest BCUT2D eigenvalue weighted by Gasteiger charge is 2.25. The molecule has 3 aromatic carbocycles. The highest BCUT2D eigenvalue weighted by molar-refractivity contribution is 9.11. The summed E-state index contributed by atoms with van der Waals surface area (Å²) in [6.45, 7) is 0. The molecule has 154 valence electrons. The predicted molar refractivity (Wildman–Crippen MR) is 128 cm³/mol. The van der Waals surface area contributed by atoms with Gasteiger partial charge in [0, 0.05) is 24.5 Å². The van der Waals surface area contributed by atoms with Crippen LogP contribution in [-0.2, 0) is 9.53 Å². The molecule has 0 saturated heterocycles. The van der Waals surface area contributed by atoms with Gasteiger partial charge in [-0.15, -0.1) is 0 Å². The Hall–Kier alpha value is -2.55. The van der Waals surface area contributed by atoms with Gasteiger partial charge in [-0.05, 0) is 72.8 Å². The first-order valence-corrected chi connectivity index (χ1v) is 11.3. The number of carbonyl (C=O) groups is 2. The third-order valence-corrected chi connectivity index (χ3v) is 5.81. The molecular weight excluding hydrogens is 594 g/mol. The third kappa shape index (κ3) is 5.20. The van der Waals surface area contributed by atoms with Crippen molar-refractivity contribution in [2.45, 2.75) is 0 Å². The average Bonchev–Trinajstić information content (AvgIpc) is 3.11. The Morgan fingerprint density at radius 2 is 1.48 bits per heavy atom. The minimum absolute atomic E-state index is 0.108. The van der Waals surface area contributed by atoms with Gasteiger partial charge >= 0.3 is 11.9 Å². The van der Waals surface area contributed by atoms with Crippen LogP contribution in [0.3, 0.4) is 0 Å².